The van der Waals surface area contributed by atoms with Crippen LogP contribution in [0.3, 0.4) is 0 Å². The first-order valence-corrected chi connectivity index (χ1v) is 9.17. The number of nitrogens with one attached hydrogen (secondary N) is 2. The first kappa shape index (κ1) is 20.4. The molecule has 0 spiro atoms. The molecule has 9 heteroatoms. The predicted molar refractivity (Wildman–Crippen MR) is 95.6 cm³/mol. The molecule has 2 aromatic rings. The molecule has 6 nitrogen and oxygen atoms in total. The van der Waals surface area contributed by atoms with Crippen molar-refractivity contribution < 1.29 is 26.7 Å². The normalized spacial score (nSPS) is 10.6. The second-order valence-corrected chi connectivity index (χ2v) is 6.99. The smallest absolute Gasteiger partial charge is 0.244 e. The number of benzene rings is 2. The van der Waals surface area contributed by atoms with Gasteiger partial charge in [-0.2, -0.15) is 4.72 Å². The highest BCUT2D eigenvalue weighted by Gasteiger charge is 2.18. The van der Waals surface area contributed by atoms with Crippen molar-refractivity contribution in [2.24, 2.45) is 0 Å². The summed E-state index contributed by atoms with van der Waals surface area (Å²) in [6.07, 6.45) is 0. The zero-order chi connectivity index (χ0) is 19.9. The number of hydrogen-bond donors (Lipinski definition) is 2. The molecule has 0 atom stereocenters. The zero-order valence-corrected chi connectivity index (χ0v) is 15.1. The lowest BCUT2D eigenvalue weighted by molar-refractivity contribution is -0.114. The van der Waals surface area contributed by atoms with Crippen LogP contribution < -0.4 is 14.8 Å². The monoisotopic (exact) mass is 394 g/mol. The maximum absolute atomic E-state index is 13.5. The quantitative estimate of drug-likeness (QED) is 0.737. The maximum atomic E-state index is 13.5. The van der Waals surface area contributed by atoms with Gasteiger partial charge in [0.1, 0.15) is 28.9 Å². The van der Waals surface area contributed by atoms with Crippen molar-refractivity contribution in [1.29, 1.82) is 0 Å². The van der Waals surface area contributed by atoms with Crippen molar-refractivity contribution in [2.45, 2.75) is 11.8 Å². The van der Waals surface area contributed by atoms with Gasteiger partial charge in [0, 0.05) is 24.7 Å². The Morgan fingerprint density at radius 2 is 1.93 bits per heavy atom. The molecule has 27 heavy (non-hydrogen) atoms. The fourth-order valence-electron chi connectivity index (χ4n) is 2.00. The van der Waals surface area contributed by atoms with Crippen molar-refractivity contribution in [3.8, 4) is 17.6 Å². The van der Waals surface area contributed by atoms with Crippen LogP contribution in [0, 0.1) is 23.5 Å². The minimum atomic E-state index is -4.14. The van der Waals surface area contributed by atoms with E-state index in [2.05, 4.69) is 21.9 Å². The van der Waals surface area contributed by atoms with E-state index < -0.39 is 26.6 Å². The minimum Gasteiger partial charge on any atom is -0.481 e. The Bertz CT molecular complexity index is 998. The van der Waals surface area contributed by atoms with E-state index in [1.165, 1.54) is 6.92 Å². The summed E-state index contributed by atoms with van der Waals surface area (Å²) in [5, 5.41) is 2.61. The maximum Gasteiger partial charge on any atom is 0.244 e. The fourth-order valence-corrected chi connectivity index (χ4v) is 2.98. The average Bonchev–Trinajstić information content (AvgIpc) is 2.57. The molecular weight excluding hydrogens is 378 g/mol. The number of sulfonamides is 1. The number of rotatable bonds is 6. The second-order valence-electron chi connectivity index (χ2n) is 5.25. The van der Waals surface area contributed by atoms with Gasteiger partial charge in [0.2, 0.25) is 15.9 Å². The Morgan fingerprint density at radius 1 is 1.15 bits per heavy atom. The lowest BCUT2D eigenvalue weighted by atomic mass is 10.3. The highest BCUT2D eigenvalue weighted by molar-refractivity contribution is 7.89. The molecule has 1 amide bonds. The molecule has 0 fully saturated rings. The molecule has 0 saturated heterocycles. The standard InChI is InChI=1S/C18H16F2N2O4S/c1-13(23)22-15-5-4-6-16(12-15)26-10-3-2-9-21-27(24,25)18-8-7-14(19)11-17(18)20/h4-8,11-12,21H,9-10H2,1H3,(H,22,23). The number of carbonyl (C=O) groups is 1. The first-order chi connectivity index (χ1) is 12.8. The highest BCUT2D eigenvalue weighted by Crippen LogP contribution is 2.17. The van der Waals surface area contributed by atoms with E-state index in [4.69, 9.17) is 4.74 Å². The molecule has 0 unspecified atom stereocenters. The van der Waals surface area contributed by atoms with Crippen molar-refractivity contribution in [1.82, 2.24) is 4.72 Å². The molecule has 2 N–H and O–H groups in total. The Hall–Kier alpha value is -2.96. The Kier molecular flexibility index (Phi) is 6.87. The molecule has 0 aromatic heterocycles. The average molecular weight is 394 g/mol. The molecule has 142 valence electrons. The lowest BCUT2D eigenvalue weighted by Gasteiger charge is -2.06. The van der Waals surface area contributed by atoms with Gasteiger partial charge >= 0.3 is 0 Å². The SMILES string of the molecule is CC(=O)Nc1cccc(OCC#CCNS(=O)(=O)c2ccc(F)cc2F)c1. The molecule has 0 aliphatic carbocycles. The van der Waals surface area contributed by atoms with Crippen LogP contribution >= 0.6 is 0 Å². The van der Waals surface area contributed by atoms with E-state index in [1.54, 1.807) is 24.3 Å². The molecule has 0 saturated carbocycles. The highest BCUT2D eigenvalue weighted by atomic mass is 32.2. The van der Waals surface area contributed by atoms with E-state index in [1.807, 2.05) is 0 Å². The molecule has 0 aliphatic rings. The van der Waals surface area contributed by atoms with Gasteiger partial charge in [0.15, 0.2) is 0 Å². The third kappa shape index (κ3) is 6.36. The molecule has 0 radical (unpaired) electrons. The summed E-state index contributed by atoms with van der Waals surface area (Å²) in [6, 6.07) is 8.86. The van der Waals surface area contributed by atoms with E-state index in [0.29, 0.717) is 17.5 Å². The molecular formula is C18H16F2N2O4S. The number of carbonyl (C=O) groups excluding carboxylic acids is 1. The number of ether oxygens (including phenoxy) is 1. The van der Waals surface area contributed by atoms with Gasteiger partial charge in [-0.25, -0.2) is 17.2 Å². The third-order valence-corrected chi connectivity index (χ3v) is 4.56. The van der Waals surface area contributed by atoms with E-state index in [-0.39, 0.29) is 19.1 Å². The van der Waals surface area contributed by atoms with Crippen molar-refractivity contribution in [2.75, 3.05) is 18.5 Å². The Balaban J connectivity index is 1.86. The summed E-state index contributed by atoms with van der Waals surface area (Å²) in [5.74, 6) is 3.34. The summed E-state index contributed by atoms with van der Waals surface area (Å²) >= 11 is 0. The lowest BCUT2D eigenvalue weighted by Crippen LogP contribution is -2.25. The van der Waals surface area contributed by atoms with Crippen molar-refractivity contribution in [3.05, 3.63) is 54.1 Å². The van der Waals surface area contributed by atoms with Crippen LogP contribution in [0.2, 0.25) is 0 Å². The Labute approximate surface area is 155 Å². The summed E-state index contributed by atoms with van der Waals surface area (Å²) in [4.78, 5) is 10.3. The van der Waals surface area contributed by atoms with Crippen molar-refractivity contribution >= 4 is 21.6 Å². The van der Waals surface area contributed by atoms with Crippen LogP contribution in [0.1, 0.15) is 6.92 Å². The largest absolute Gasteiger partial charge is 0.481 e. The molecule has 2 aromatic carbocycles. The summed E-state index contributed by atoms with van der Waals surface area (Å²) in [6.45, 7) is 1.10. The summed E-state index contributed by atoms with van der Waals surface area (Å²) in [5.41, 5.74) is 0.571. The van der Waals surface area contributed by atoms with E-state index in [0.717, 1.165) is 12.1 Å². The van der Waals surface area contributed by atoms with Crippen LogP contribution in [0.15, 0.2) is 47.4 Å². The fraction of sp³-hybridized carbons (Fsp3) is 0.167. The van der Waals surface area contributed by atoms with Gasteiger partial charge in [0.25, 0.3) is 0 Å². The number of amides is 1. The van der Waals surface area contributed by atoms with Crippen LogP contribution in [0.25, 0.3) is 0 Å². The number of anilines is 1. The van der Waals surface area contributed by atoms with Gasteiger partial charge in [-0.1, -0.05) is 17.9 Å². The van der Waals surface area contributed by atoms with E-state index >= 15 is 0 Å². The second kappa shape index (κ2) is 9.12. The van der Waals surface area contributed by atoms with Gasteiger partial charge < -0.3 is 10.1 Å². The van der Waals surface area contributed by atoms with Crippen molar-refractivity contribution in [3.63, 3.8) is 0 Å². The van der Waals surface area contributed by atoms with Gasteiger partial charge in [-0.15, -0.1) is 0 Å². The minimum absolute atomic E-state index is 0.0177. The van der Waals surface area contributed by atoms with Gasteiger partial charge in [0.05, 0.1) is 6.54 Å². The molecule has 0 heterocycles. The van der Waals surface area contributed by atoms with Crippen LogP contribution in [0.5, 0.6) is 5.75 Å². The molecule has 0 bridgehead atoms. The zero-order valence-electron chi connectivity index (χ0n) is 14.3. The molecule has 0 aliphatic heterocycles. The van der Waals surface area contributed by atoms with Crippen LogP contribution in [0.4, 0.5) is 14.5 Å². The van der Waals surface area contributed by atoms with Crippen LogP contribution in [-0.2, 0) is 14.8 Å². The van der Waals surface area contributed by atoms with Gasteiger partial charge in [-0.05, 0) is 24.3 Å². The summed E-state index contributed by atoms with van der Waals surface area (Å²) in [7, 11) is -4.14. The van der Waals surface area contributed by atoms with E-state index in [9.17, 15) is 22.0 Å². The summed E-state index contributed by atoms with van der Waals surface area (Å²) < 4.78 is 57.7. The first-order valence-electron chi connectivity index (χ1n) is 7.69. The predicted octanol–water partition coefficient (Wildman–Crippen LogP) is 2.28. The number of halogens is 2. The topological polar surface area (TPSA) is 84.5 Å². The van der Waals surface area contributed by atoms with Gasteiger partial charge in [-0.3, -0.25) is 4.79 Å². The number of hydrogen-bond acceptors (Lipinski definition) is 4. The Morgan fingerprint density at radius 3 is 2.63 bits per heavy atom. The third-order valence-electron chi connectivity index (χ3n) is 3.12. The van der Waals surface area contributed by atoms with Crippen LogP contribution in [-0.4, -0.2) is 27.5 Å². The molecule has 2 rings (SSSR count).